The number of thioether (sulfide) groups is 1. The number of hydrogen-bond donors (Lipinski definition) is 1. The van der Waals surface area contributed by atoms with E-state index in [4.69, 9.17) is 4.74 Å². The Morgan fingerprint density at radius 2 is 2.10 bits per heavy atom. The molecule has 0 spiro atoms. The SMILES string of the molecule is COC(=O)C1(NC2CC2)CCC(Sc2ncc(C)cn2)C1. The summed E-state index contributed by atoms with van der Waals surface area (Å²) in [7, 11) is 1.47. The minimum Gasteiger partial charge on any atom is -0.468 e. The van der Waals surface area contributed by atoms with Gasteiger partial charge in [-0.15, -0.1) is 0 Å². The van der Waals surface area contributed by atoms with Gasteiger partial charge in [0, 0.05) is 23.7 Å². The van der Waals surface area contributed by atoms with Crippen molar-refractivity contribution in [1.29, 1.82) is 0 Å². The first kappa shape index (κ1) is 14.8. The van der Waals surface area contributed by atoms with E-state index in [1.54, 1.807) is 11.8 Å². The van der Waals surface area contributed by atoms with Crippen molar-refractivity contribution in [2.75, 3.05) is 7.11 Å². The average molecular weight is 307 g/mol. The largest absolute Gasteiger partial charge is 0.468 e. The molecule has 2 aliphatic carbocycles. The van der Waals surface area contributed by atoms with Crippen molar-refractivity contribution >= 4 is 17.7 Å². The Morgan fingerprint density at radius 3 is 2.71 bits per heavy atom. The molecule has 3 rings (SSSR count). The highest BCUT2D eigenvalue weighted by Crippen LogP contribution is 2.41. The van der Waals surface area contributed by atoms with E-state index in [1.807, 2.05) is 19.3 Å². The molecule has 1 N–H and O–H groups in total. The fourth-order valence-corrected chi connectivity index (χ4v) is 4.01. The summed E-state index contributed by atoms with van der Waals surface area (Å²) in [5.41, 5.74) is 0.559. The topological polar surface area (TPSA) is 64.1 Å². The normalized spacial score (nSPS) is 28.6. The van der Waals surface area contributed by atoms with E-state index in [9.17, 15) is 4.79 Å². The molecule has 0 radical (unpaired) electrons. The molecule has 0 aliphatic heterocycles. The number of rotatable bonds is 5. The molecule has 5 nitrogen and oxygen atoms in total. The number of methoxy groups -OCH3 is 1. The van der Waals surface area contributed by atoms with E-state index in [-0.39, 0.29) is 5.97 Å². The summed E-state index contributed by atoms with van der Waals surface area (Å²) in [5, 5.41) is 4.66. The number of hydrogen-bond acceptors (Lipinski definition) is 6. The van der Waals surface area contributed by atoms with Gasteiger partial charge in [0.15, 0.2) is 5.16 Å². The van der Waals surface area contributed by atoms with Crippen LogP contribution in [0, 0.1) is 6.92 Å². The van der Waals surface area contributed by atoms with Crippen LogP contribution >= 0.6 is 11.8 Å². The molecule has 21 heavy (non-hydrogen) atoms. The molecule has 2 fully saturated rings. The van der Waals surface area contributed by atoms with Gasteiger partial charge in [0.1, 0.15) is 5.54 Å². The van der Waals surface area contributed by atoms with Crippen LogP contribution in [-0.2, 0) is 9.53 Å². The third kappa shape index (κ3) is 3.37. The van der Waals surface area contributed by atoms with Crippen molar-refractivity contribution in [1.82, 2.24) is 15.3 Å². The zero-order chi connectivity index (χ0) is 14.9. The monoisotopic (exact) mass is 307 g/mol. The van der Waals surface area contributed by atoms with Gasteiger partial charge in [-0.25, -0.2) is 9.97 Å². The van der Waals surface area contributed by atoms with Gasteiger partial charge < -0.3 is 4.74 Å². The van der Waals surface area contributed by atoms with Gasteiger partial charge >= 0.3 is 5.97 Å². The van der Waals surface area contributed by atoms with E-state index < -0.39 is 5.54 Å². The Morgan fingerprint density at radius 1 is 1.38 bits per heavy atom. The van der Waals surface area contributed by atoms with E-state index in [2.05, 4.69) is 15.3 Å². The molecular weight excluding hydrogens is 286 g/mol. The summed E-state index contributed by atoms with van der Waals surface area (Å²) in [6.07, 6.45) is 8.60. The second kappa shape index (κ2) is 5.93. The Hall–Kier alpha value is -1.14. The molecule has 0 saturated heterocycles. The van der Waals surface area contributed by atoms with Crippen LogP contribution in [0.3, 0.4) is 0 Å². The van der Waals surface area contributed by atoms with Gasteiger partial charge in [-0.1, -0.05) is 11.8 Å². The number of carbonyl (C=O) groups is 1. The molecule has 1 heterocycles. The average Bonchev–Trinajstić information content (AvgIpc) is 3.20. The van der Waals surface area contributed by atoms with E-state index in [0.717, 1.165) is 42.8 Å². The Balaban J connectivity index is 1.66. The number of nitrogens with zero attached hydrogens (tertiary/aromatic N) is 2. The van der Waals surface area contributed by atoms with Crippen molar-refractivity contribution < 1.29 is 9.53 Å². The summed E-state index contributed by atoms with van der Waals surface area (Å²) in [6, 6.07) is 0.489. The summed E-state index contributed by atoms with van der Waals surface area (Å²) in [6.45, 7) is 1.98. The van der Waals surface area contributed by atoms with Crippen LogP contribution in [-0.4, -0.2) is 39.9 Å². The molecule has 2 unspecified atom stereocenters. The highest BCUT2D eigenvalue weighted by Gasteiger charge is 2.49. The van der Waals surface area contributed by atoms with E-state index >= 15 is 0 Å². The van der Waals surface area contributed by atoms with E-state index in [0.29, 0.717) is 11.3 Å². The smallest absolute Gasteiger partial charge is 0.326 e. The minimum atomic E-state index is -0.502. The summed E-state index contributed by atoms with van der Waals surface area (Å²) in [5.74, 6) is -0.123. The van der Waals surface area contributed by atoms with Crippen molar-refractivity contribution in [3.8, 4) is 0 Å². The van der Waals surface area contributed by atoms with Crippen LogP contribution in [0.5, 0.6) is 0 Å². The van der Waals surface area contributed by atoms with Crippen molar-refractivity contribution in [3.63, 3.8) is 0 Å². The predicted molar refractivity (Wildman–Crippen MR) is 81.2 cm³/mol. The quantitative estimate of drug-likeness (QED) is 0.664. The minimum absolute atomic E-state index is 0.123. The molecule has 2 atom stereocenters. The third-order valence-corrected chi connectivity index (χ3v) is 5.29. The molecular formula is C15H21N3O2S. The first-order chi connectivity index (χ1) is 10.1. The molecule has 0 aromatic carbocycles. The number of carbonyl (C=O) groups excluding carboxylic acids is 1. The standard InChI is InChI=1S/C15H21N3O2S/c1-10-8-16-14(17-9-10)21-12-5-6-15(7-12,13(19)20-2)18-11-3-4-11/h8-9,11-12,18H,3-7H2,1-2H3. The number of nitrogens with one attached hydrogen (secondary N) is 1. The molecule has 2 aliphatic rings. The maximum absolute atomic E-state index is 12.2. The molecule has 1 aromatic rings. The molecule has 6 heteroatoms. The second-order valence-corrected chi connectivity index (χ2v) is 7.29. The summed E-state index contributed by atoms with van der Waals surface area (Å²) >= 11 is 1.67. The maximum Gasteiger partial charge on any atom is 0.326 e. The van der Waals surface area contributed by atoms with Crippen molar-refractivity contribution in [3.05, 3.63) is 18.0 Å². The van der Waals surface area contributed by atoms with Gasteiger partial charge in [-0.2, -0.15) is 0 Å². The number of esters is 1. The Kier molecular flexibility index (Phi) is 4.17. The summed E-state index contributed by atoms with van der Waals surface area (Å²) in [4.78, 5) is 20.9. The van der Waals surface area contributed by atoms with Crippen LogP contribution in [0.25, 0.3) is 0 Å². The number of aromatic nitrogens is 2. The van der Waals surface area contributed by atoms with Gasteiger partial charge in [0.05, 0.1) is 7.11 Å². The zero-order valence-corrected chi connectivity index (χ0v) is 13.3. The summed E-state index contributed by atoms with van der Waals surface area (Å²) < 4.78 is 5.04. The molecule has 1 aromatic heterocycles. The number of ether oxygens (including phenoxy) is 1. The Labute approximate surface area is 129 Å². The van der Waals surface area contributed by atoms with Crippen molar-refractivity contribution in [2.45, 2.75) is 61.0 Å². The molecule has 114 valence electrons. The van der Waals surface area contributed by atoms with Gasteiger partial charge in [-0.3, -0.25) is 10.1 Å². The predicted octanol–water partition coefficient (Wildman–Crippen LogP) is 2.09. The molecule has 0 bridgehead atoms. The lowest BCUT2D eigenvalue weighted by atomic mass is 9.97. The lowest BCUT2D eigenvalue weighted by Gasteiger charge is -2.27. The second-order valence-electron chi connectivity index (χ2n) is 6.02. The fraction of sp³-hybridized carbons (Fsp3) is 0.667. The number of aryl methyl sites for hydroxylation is 1. The highest BCUT2D eigenvalue weighted by atomic mass is 32.2. The zero-order valence-electron chi connectivity index (χ0n) is 12.5. The van der Waals surface area contributed by atoms with Gasteiger partial charge in [0.25, 0.3) is 0 Å². The van der Waals surface area contributed by atoms with Gasteiger partial charge in [0.2, 0.25) is 0 Å². The lowest BCUT2D eigenvalue weighted by Crippen LogP contribution is -2.52. The van der Waals surface area contributed by atoms with Crippen LogP contribution in [0.1, 0.15) is 37.7 Å². The van der Waals surface area contributed by atoms with Crippen LogP contribution in [0.15, 0.2) is 17.6 Å². The fourth-order valence-electron chi connectivity index (χ4n) is 2.88. The molecule has 2 saturated carbocycles. The Bertz CT molecular complexity index is 518. The first-order valence-electron chi connectivity index (χ1n) is 7.43. The van der Waals surface area contributed by atoms with Crippen LogP contribution in [0.2, 0.25) is 0 Å². The first-order valence-corrected chi connectivity index (χ1v) is 8.31. The van der Waals surface area contributed by atoms with Gasteiger partial charge in [-0.05, 0) is 44.6 Å². The van der Waals surface area contributed by atoms with Crippen LogP contribution < -0.4 is 5.32 Å². The third-order valence-electron chi connectivity index (χ3n) is 4.13. The van der Waals surface area contributed by atoms with E-state index in [1.165, 1.54) is 7.11 Å². The maximum atomic E-state index is 12.2. The highest BCUT2D eigenvalue weighted by molar-refractivity contribution is 7.99. The van der Waals surface area contributed by atoms with Crippen molar-refractivity contribution in [2.24, 2.45) is 0 Å². The molecule has 0 amide bonds. The van der Waals surface area contributed by atoms with Crippen LogP contribution in [0.4, 0.5) is 0 Å². The lowest BCUT2D eigenvalue weighted by molar-refractivity contribution is -0.148.